The fourth-order valence-electron chi connectivity index (χ4n) is 2.95. The number of ether oxygens (including phenoxy) is 3. The molecule has 0 aliphatic carbocycles. The van der Waals surface area contributed by atoms with Gasteiger partial charge < -0.3 is 19.9 Å². The number of nitrogens with one attached hydrogen (secondary N) is 1. The first kappa shape index (κ1) is 17.8. The van der Waals surface area contributed by atoms with Crippen LogP contribution in [-0.2, 0) is 29.0 Å². The van der Waals surface area contributed by atoms with Crippen LogP contribution in [0.3, 0.4) is 0 Å². The molecule has 1 amide bonds. The van der Waals surface area contributed by atoms with Crippen LogP contribution in [0.15, 0.2) is 29.2 Å². The van der Waals surface area contributed by atoms with Gasteiger partial charge in [0.15, 0.2) is 0 Å². The summed E-state index contributed by atoms with van der Waals surface area (Å²) in [5.74, 6) is -0.605. The Kier molecular flexibility index (Phi) is 5.03. The van der Waals surface area contributed by atoms with Crippen LogP contribution in [-0.4, -0.2) is 58.5 Å². The minimum Gasteiger partial charge on any atom is -0.371 e. The predicted octanol–water partition coefficient (Wildman–Crippen LogP) is -1.13. The number of amides is 1. The van der Waals surface area contributed by atoms with Crippen LogP contribution in [0.1, 0.15) is 5.56 Å². The smallest absolute Gasteiger partial charge is 0.243 e. The third kappa shape index (κ3) is 3.65. The summed E-state index contributed by atoms with van der Waals surface area (Å²) < 4.78 is 44.2. The summed E-state index contributed by atoms with van der Waals surface area (Å²) in [5, 5.41) is 9.09. The van der Waals surface area contributed by atoms with Crippen LogP contribution in [0, 0.1) is 11.3 Å². The molecule has 2 fully saturated rings. The first-order valence-corrected chi connectivity index (χ1v) is 9.05. The van der Waals surface area contributed by atoms with Gasteiger partial charge in [0, 0.05) is 0 Å². The zero-order valence-electron chi connectivity index (χ0n) is 13.1. The Balaban J connectivity index is 1.70. The highest BCUT2D eigenvalue weighted by Gasteiger charge is 2.49. The quantitative estimate of drug-likeness (QED) is 0.648. The number of carbonyl (C=O) groups is 1. The Morgan fingerprint density at radius 3 is 2.76 bits per heavy atom. The van der Waals surface area contributed by atoms with Crippen molar-refractivity contribution in [1.82, 2.24) is 4.72 Å². The van der Waals surface area contributed by atoms with Crippen LogP contribution in [0.5, 0.6) is 0 Å². The molecule has 9 nitrogen and oxygen atoms in total. The Labute approximate surface area is 144 Å². The minimum atomic E-state index is -3.92. The molecule has 1 aromatic carbocycles. The monoisotopic (exact) mass is 367 g/mol. The molecule has 1 aromatic rings. The summed E-state index contributed by atoms with van der Waals surface area (Å²) in [4.78, 5) is 10.7. The predicted molar refractivity (Wildman–Crippen MR) is 83.7 cm³/mol. The number of hydrogen-bond acceptors (Lipinski definition) is 7. The van der Waals surface area contributed by atoms with Gasteiger partial charge in [-0.25, -0.2) is 13.1 Å². The lowest BCUT2D eigenvalue weighted by Crippen LogP contribution is -2.44. The highest BCUT2D eigenvalue weighted by molar-refractivity contribution is 7.89. The number of rotatable bonds is 6. The number of hydrogen-bond donors (Lipinski definition) is 2. The van der Waals surface area contributed by atoms with Gasteiger partial charge in [-0.2, -0.15) is 5.26 Å². The van der Waals surface area contributed by atoms with E-state index in [0.717, 1.165) is 0 Å². The molecule has 25 heavy (non-hydrogen) atoms. The maximum Gasteiger partial charge on any atom is 0.243 e. The van der Waals surface area contributed by atoms with Gasteiger partial charge in [-0.3, -0.25) is 4.79 Å². The Bertz CT molecular complexity index is 806. The van der Waals surface area contributed by atoms with Crippen molar-refractivity contribution in [3.05, 3.63) is 29.8 Å². The molecule has 0 saturated carbocycles. The number of nitrogens with zero attached hydrogens (tertiary/aromatic N) is 1. The third-order valence-corrected chi connectivity index (χ3v) is 5.60. The zero-order valence-corrected chi connectivity index (χ0v) is 13.9. The van der Waals surface area contributed by atoms with E-state index in [4.69, 9.17) is 25.2 Å². The third-order valence-electron chi connectivity index (χ3n) is 4.05. The van der Waals surface area contributed by atoms with Crippen LogP contribution in [0.2, 0.25) is 0 Å². The van der Waals surface area contributed by atoms with Gasteiger partial charge in [0.1, 0.15) is 31.0 Å². The van der Waals surface area contributed by atoms with Gasteiger partial charge in [0.25, 0.3) is 0 Å². The molecule has 0 radical (unpaired) electrons. The van der Waals surface area contributed by atoms with E-state index in [1.54, 1.807) is 12.1 Å². The van der Waals surface area contributed by atoms with Gasteiger partial charge in [-0.1, -0.05) is 12.1 Å². The molecule has 0 bridgehead atoms. The van der Waals surface area contributed by atoms with E-state index in [9.17, 15) is 13.2 Å². The number of nitrogens with two attached hydrogens (primary N) is 1. The maximum atomic E-state index is 12.6. The number of benzene rings is 1. The fourth-order valence-corrected chi connectivity index (χ4v) is 4.34. The summed E-state index contributed by atoms with van der Waals surface area (Å²) in [7, 11) is -3.92. The highest BCUT2D eigenvalue weighted by Crippen LogP contribution is 2.30. The van der Waals surface area contributed by atoms with E-state index in [1.807, 2.05) is 6.07 Å². The van der Waals surface area contributed by atoms with Gasteiger partial charge in [0.2, 0.25) is 15.9 Å². The van der Waals surface area contributed by atoms with Crippen molar-refractivity contribution in [1.29, 1.82) is 5.26 Å². The highest BCUT2D eigenvalue weighted by atomic mass is 32.2. The molecule has 2 heterocycles. The van der Waals surface area contributed by atoms with Crippen molar-refractivity contribution in [3.63, 3.8) is 0 Å². The Morgan fingerprint density at radius 2 is 2.04 bits per heavy atom. The molecule has 10 heteroatoms. The summed E-state index contributed by atoms with van der Waals surface area (Å²) in [6.07, 6.45) is -1.52. The average molecular weight is 367 g/mol. The molecule has 0 spiro atoms. The average Bonchev–Trinajstić information content (AvgIpc) is 3.16. The molecule has 134 valence electrons. The molecule has 2 saturated heterocycles. The molecule has 0 aromatic heterocycles. The van der Waals surface area contributed by atoms with E-state index in [1.165, 1.54) is 12.1 Å². The Hall–Kier alpha value is -2.03. The molecule has 4 atom stereocenters. The lowest BCUT2D eigenvalue weighted by Gasteiger charge is -2.18. The standard InChI is InChI=1S/C15H17N3O6S/c16-5-9-3-1-2-4-12(9)25(20,21)18-10-6-23-15-11(7-24-14(10)15)22-8-13(17)19/h1-4,10-11,14-15,18H,6-8H2,(H2,17,19)/t10-,11-,14-,15+/m1/s1. The van der Waals surface area contributed by atoms with Crippen molar-refractivity contribution in [2.24, 2.45) is 5.73 Å². The van der Waals surface area contributed by atoms with Gasteiger partial charge in [0.05, 0.1) is 29.7 Å². The van der Waals surface area contributed by atoms with Crippen molar-refractivity contribution in [2.75, 3.05) is 19.8 Å². The van der Waals surface area contributed by atoms with Gasteiger partial charge in [-0.05, 0) is 12.1 Å². The van der Waals surface area contributed by atoms with Crippen molar-refractivity contribution in [2.45, 2.75) is 29.2 Å². The lowest BCUT2D eigenvalue weighted by atomic mass is 10.1. The number of carbonyl (C=O) groups excluding carboxylic acids is 1. The second kappa shape index (κ2) is 7.07. The van der Waals surface area contributed by atoms with Crippen LogP contribution >= 0.6 is 0 Å². The fraction of sp³-hybridized carbons (Fsp3) is 0.467. The van der Waals surface area contributed by atoms with Gasteiger partial charge in [-0.15, -0.1) is 0 Å². The lowest BCUT2D eigenvalue weighted by molar-refractivity contribution is -0.126. The minimum absolute atomic E-state index is 0.0560. The summed E-state index contributed by atoms with van der Waals surface area (Å²) in [6, 6.07) is 7.17. The van der Waals surface area contributed by atoms with E-state index in [0.29, 0.717) is 0 Å². The molecule has 2 aliphatic rings. The molecular weight excluding hydrogens is 350 g/mol. The molecule has 2 aliphatic heterocycles. The number of nitriles is 1. The summed E-state index contributed by atoms with van der Waals surface area (Å²) >= 11 is 0. The van der Waals surface area contributed by atoms with Crippen molar-refractivity contribution >= 4 is 15.9 Å². The van der Waals surface area contributed by atoms with Crippen LogP contribution in [0.4, 0.5) is 0 Å². The first-order valence-electron chi connectivity index (χ1n) is 7.57. The van der Waals surface area contributed by atoms with Gasteiger partial charge >= 0.3 is 0 Å². The zero-order chi connectivity index (χ0) is 18.0. The SMILES string of the molecule is N#Cc1ccccc1S(=O)(=O)N[C@@H]1CO[C@@H]2[C@@H]1OC[C@H]2OCC(N)=O. The molecule has 0 unspecified atom stereocenters. The second-order valence-corrected chi connectivity index (χ2v) is 7.43. The van der Waals surface area contributed by atoms with Crippen LogP contribution in [0.25, 0.3) is 0 Å². The number of fused-ring (bicyclic) bond motifs is 1. The van der Waals surface area contributed by atoms with E-state index < -0.39 is 40.3 Å². The molecule has 3 rings (SSSR count). The molecule has 3 N–H and O–H groups in total. The second-order valence-electron chi connectivity index (χ2n) is 5.75. The first-order chi connectivity index (χ1) is 11.9. The van der Waals surface area contributed by atoms with Crippen molar-refractivity contribution in [3.8, 4) is 6.07 Å². The van der Waals surface area contributed by atoms with E-state index in [-0.39, 0.29) is 30.3 Å². The van der Waals surface area contributed by atoms with Crippen molar-refractivity contribution < 1.29 is 27.4 Å². The number of sulfonamides is 1. The van der Waals surface area contributed by atoms with Crippen LogP contribution < -0.4 is 10.5 Å². The maximum absolute atomic E-state index is 12.6. The van der Waals surface area contributed by atoms with E-state index in [2.05, 4.69) is 4.72 Å². The summed E-state index contributed by atoms with van der Waals surface area (Å²) in [5.41, 5.74) is 5.10. The topological polar surface area (TPSA) is 141 Å². The Morgan fingerprint density at radius 1 is 1.32 bits per heavy atom. The number of primary amides is 1. The normalized spacial score (nSPS) is 28.4. The summed E-state index contributed by atoms with van der Waals surface area (Å²) in [6.45, 7) is 0.0158. The largest absolute Gasteiger partial charge is 0.371 e. The van der Waals surface area contributed by atoms with E-state index >= 15 is 0 Å². The molecular formula is C15H17N3O6S.